The van der Waals surface area contributed by atoms with Gasteiger partial charge in [-0.25, -0.2) is 0 Å². The van der Waals surface area contributed by atoms with Crippen LogP contribution in [0.5, 0.6) is 0 Å². The zero-order chi connectivity index (χ0) is 12.8. The van der Waals surface area contributed by atoms with Gasteiger partial charge in [0, 0.05) is 17.5 Å². The van der Waals surface area contributed by atoms with Gasteiger partial charge in [-0.3, -0.25) is 4.79 Å². The molecule has 1 rings (SSSR count). The Morgan fingerprint density at radius 1 is 1.53 bits per heavy atom. The fourth-order valence-electron chi connectivity index (χ4n) is 1.71. The molecule has 1 aromatic rings. The van der Waals surface area contributed by atoms with Crippen molar-refractivity contribution in [3.63, 3.8) is 0 Å². The molecule has 96 valence electrons. The Hall–Kier alpha value is -0.870. The van der Waals surface area contributed by atoms with Gasteiger partial charge < -0.3 is 9.64 Å². The highest BCUT2D eigenvalue weighted by molar-refractivity contribution is 7.09. The second kappa shape index (κ2) is 6.77. The maximum Gasteiger partial charge on any atom is 0.309 e. The molecule has 0 spiro atoms. The summed E-state index contributed by atoms with van der Waals surface area (Å²) in [5.74, 6) is -0.228. The molecule has 0 aromatic carbocycles. The SMILES string of the molecule is COC(=O)C(C)C(C)N(C)CCc1cccs1. The van der Waals surface area contributed by atoms with Crippen LogP contribution in [0.25, 0.3) is 0 Å². The van der Waals surface area contributed by atoms with Crippen LogP contribution < -0.4 is 0 Å². The fraction of sp³-hybridized carbons (Fsp3) is 0.615. The van der Waals surface area contributed by atoms with Gasteiger partial charge in [0.1, 0.15) is 0 Å². The summed E-state index contributed by atoms with van der Waals surface area (Å²) in [4.78, 5) is 15.0. The standard InChI is InChI=1S/C13H21NO2S/c1-10(13(15)16-4)11(2)14(3)8-7-12-6-5-9-17-12/h5-6,9-11H,7-8H2,1-4H3. The van der Waals surface area contributed by atoms with Gasteiger partial charge in [0.2, 0.25) is 0 Å². The number of hydrogen-bond acceptors (Lipinski definition) is 4. The lowest BCUT2D eigenvalue weighted by atomic mass is 10.0. The average Bonchev–Trinajstić information content (AvgIpc) is 2.86. The number of nitrogens with zero attached hydrogens (tertiary/aromatic N) is 1. The van der Waals surface area contributed by atoms with Crippen molar-refractivity contribution in [1.82, 2.24) is 4.90 Å². The van der Waals surface area contributed by atoms with E-state index in [1.807, 2.05) is 6.92 Å². The molecule has 0 aliphatic heterocycles. The summed E-state index contributed by atoms with van der Waals surface area (Å²) < 4.78 is 4.77. The van der Waals surface area contributed by atoms with E-state index in [4.69, 9.17) is 4.74 Å². The highest BCUT2D eigenvalue weighted by atomic mass is 32.1. The summed E-state index contributed by atoms with van der Waals surface area (Å²) >= 11 is 1.78. The first-order valence-electron chi connectivity index (χ1n) is 5.86. The summed E-state index contributed by atoms with van der Waals surface area (Å²) in [5.41, 5.74) is 0. The molecule has 0 amide bonds. The monoisotopic (exact) mass is 255 g/mol. The van der Waals surface area contributed by atoms with E-state index in [9.17, 15) is 4.79 Å². The van der Waals surface area contributed by atoms with E-state index in [2.05, 4.69) is 36.4 Å². The molecule has 0 N–H and O–H groups in total. The number of ether oxygens (including phenoxy) is 1. The van der Waals surface area contributed by atoms with Crippen molar-refractivity contribution in [1.29, 1.82) is 0 Å². The molecule has 0 fully saturated rings. The van der Waals surface area contributed by atoms with Crippen LogP contribution in [0.4, 0.5) is 0 Å². The van der Waals surface area contributed by atoms with Crippen LogP contribution in [0.15, 0.2) is 17.5 Å². The van der Waals surface area contributed by atoms with Gasteiger partial charge in [-0.15, -0.1) is 11.3 Å². The van der Waals surface area contributed by atoms with Crippen molar-refractivity contribution in [3.8, 4) is 0 Å². The maximum atomic E-state index is 11.4. The molecule has 0 aliphatic rings. The van der Waals surface area contributed by atoms with Crippen LogP contribution in [-0.2, 0) is 16.0 Å². The molecule has 2 atom stereocenters. The minimum atomic E-state index is -0.138. The fourth-order valence-corrected chi connectivity index (χ4v) is 2.41. The van der Waals surface area contributed by atoms with E-state index in [0.717, 1.165) is 13.0 Å². The molecule has 1 aromatic heterocycles. The topological polar surface area (TPSA) is 29.5 Å². The molecule has 4 heteroatoms. The second-order valence-electron chi connectivity index (χ2n) is 4.36. The first-order valence-corrected chi connectivity index (χ1v) is 6.74. The molecule has 1 heterocycles. The number of rotatable bonds is 6. The van der Waals surface area contributed by atoms with Crippen molar-refractivity contribution < 1.29 is 9.53 Å². The second-order valence-corrected chi connectivity index (χ2v) is 5.39. The number of esters is 1. The number of hydrogen-bond donors (Lipinski definition) is 0. The Balaban J connectivity index is 2.41. The minimum Gasteiger partial charge on any atom is -0.469 e. The summed E-state index contributed by atoms with van der Waals surface area (Å²) in [7, 11) is 3.49. The predicted molar refractivity (Wildman–Crippen MR) is 71.3 cm³/mol. The van der Waals surface area contributed by atoms with Gasteiger partial charge in [-0.2, -0.15) is 0 Å². The van der Waals surface area contributed by atoms with Crippen molar-refractivity contribution in [2.75, 3.05) is 20.7 Å². The zero-order valence-corrected chi connectivity index (χ0v) is 11.8. The summed E-state index contributed by atoms with van der Waals surface area (Å²) in [5, 5.41) is 2.09. The third-order valence-corrected chi connectivity index (χ3v) is 4.22. The Kier molecular flexibility index (Phi) is 5.65. The van der Waals surface area contributed by atoms with E-state index < -0.39 is 0 Å². The molecular weight excluding hydrogens is 234 g/mol. The Morgan fingerprint density at radius 2 is 2.24 bits per heavy atom. The predicted octanol–water partition coefficient (Wildman–Crippen LogP) is 2.42. The highest BCUT2D eigenvalue weighted by Crippen LogP contribution is 2.14. The molecule has 17 heavy (non-hydrogen) atoms. The molecule has 0 bridgehead atoms. The largest absolute Gasteiger partial charge is 0.469 e. The lowest BCUT2D eigenvalue weighted by Crippen LogP contribution is -2.39. The lowest BCUT2D eigenvalue weighted by molar-refractivity contribution is -0.146. The average molecular weight is 255 g/mol. The minimum absolute atomic E-state index is 0.0895. The molecule has 0 saturated carbocycles. The molecule has 0 saturated heterocycles. The molecule has 2 unspecified atom stereocenters. The van der Waals surface area contributed by atoms with Gasteiger partial charge in [-0.05, 0) is 31.8 Å². The van der Waals surface area contributed by atoms with Gasteiger partial charge in [0.15, 0.2) is 0 Å². The summed E-state index contributed by atoms with van der Waals surface area (Å²) in [6, 6.07) is 4.41. The van der Waals surface area contributed by atoms with Crippen LogP contribution in [0.3, 0.4) is 0 Å². The molecule has 3 nitrogen and oxygen atoms in total. The van der Waals surface area contributed by atoms with Crippen LogP contribution in [0.1, 0.15) is 18.7 Å². The first-order chi connectivity index (χ1) is 8.06. The third kappa shape index (κ3) is 4.13. The van der Waals surface area contributed by atoms with E-state index in [0.29, 0.717) is 0 Å². The van der Waals surface area contributed by atoms with E-state index in [1.165, 1.54) is 12.0 Å². The molecule has 0 aliphatic carbocycles. The Labute approximate surface area is 107 Å². The van der Waals surface area contributed by atoms with Gasteiger partial charge >= 0.3 is 5.97 Å². The van der Waals surface area contributed by atoms with Crippen molar-refractivity contribution in [2.45, 2.75) is 26.3 Å². The number of carbonyl (C=O) groups excluding carboxylic acids is 1. The Morgan fingerprint density at radius 3 is 2.76 bits per heavy atom. The number of thiophene rings is 1. The third-order valence-electron chi connectivity index (χ3n) is 3.28. The molecular formula is C13H21NO2S. The maximum absolute atomic E-state index is 11.4. The van der Waals surface area contributed by atoms with Crippen molar-refractivity contribution in [2.24, 2.45) is 5.92 Å². The van der Waals surface area contributed by atoms with Crippen LogP contribution in [-0.4, -0.2) is 37.6 Å². The van der Waals surface area contributed by atoms with Gasteiger partial charge in [0.05, 0.1) is 13.0 Å². The van der Waals surface area contributed by atoms with Crippen LogP contribution in [0, 0.1) is 5.92 Å². The summed E-state index contributed by atoms with van der Waals surface area (Å²) in [6.07, 6.45) is 1.03. The van der Waals surface area contributed by atoms with Crippen molar-refractivity contribution >= 4 is 17.3 Å². The van der Waals surface area contributed by atoms with E-state index in [-0.39, 0.29) is 17.9 Å². The number of methoxy groups -OCH3 is 1. The Bertz CT molecular complexity index is 337. The van der Waals surface area contributed by atoms with E-state index >= 15 is 0 Å². The van der Waals surface area contributed by atoms with Crippen molar-refractivity contribution in [3.05, 3.63) is 22.4 Å². The molecule has 0 radical (unpaired) electrons. The van der Waals surface area contributed by atoms with E-state index in [1.54, 1.807) is 11.3 Å². The quantitative estimate of drug-likeness (QED) is 0.731. The van der Waals surface area contributed by atoms with Crippen LogP contribution >= 0.6 is 11.3 Å². The van der Waals surface area contributed by atoms with Gasteiger partial charge in [-0.1, -0.05) is 13.0 Å². The van der Waals surface area contributed by atoms with Gasteiger partial charge in [0.25, 0.3) is 0 Å². The number of carbonyl (C=O) groups is 1. The zero-order valence-electron chi connectivity index (χ0n) is 11.0. The van der Waals surface area contributed by atoms with Crippen LogP contribution in [0.2, 0.25) is 0 Å². The first kappa shape index (κ1) is 14.2. The highest BCUT2D eigenvalue weighted by Gasteiger charge is 2.23. The lowest BCUT2D eigenvalue weighted by Gasteiger charge is -2.28. The number of likely N-dealkylation sites (N-methyl/N-ethyl adjacent to an activating group) is 1. The smallest absolute Gasteiger partial charge is 0.309 e. The summed E-state index contributed by atoms with van der Waals surface area (Å²) in [6.45, 7) is 4.94. The normalized spacial score (nSPS) is 14.6.